The standard InChI is InChI=1S/C20H20N4O5/c1-4-28-20(27)14-11-24(3)23-17(14)22-18(25)13-8-7-12(2)15(10-13)21-19(26)16-6-5-9-29-16/h5-11H,4H2,1-3H3,(H,21,26)(H,22,23,25). The molecule has 2 N–H and O–H groups in total. The molecule has 3 aromatic rings. The largest absolute Gasteiger partial charge is 0.462 e. The number of nitrogens with zero attached hydrogens (tertiary/aromatic N) is 2. The minimum absolute atomic E-state index is 0.0951. The second-order valence-corrected chi connectivity index (χ2v) is 6.20. The Morgan fingerprint density at radius 3 is 2.66 bits per heavy atom. The number of nitrogens with one attached hydrogen (secondary N) is 2. The van der Waals surface area contributed by atoms with Crippen molar-refractivity contribution in [2.24, 2.45) is 7.05 Å². The molecular weight excluding hydrogens is 376 g/mol. The molecule has 2 amide bonds. The lowest BCUT2D eigenvalue weighted by molar-refractivity contribution is 0.0527. The second kappa shape index (κ2) is 8.42. The van der Waals surface area contributed by atoms with Crippen molar-refractivity contribution < 1.29 is 23.5 Å². The van der Waals surface area contributed by atoms with Crippen LogP contribution in [0.25, 0.3) is 0 Å². The van der Waals surface area contributed by atoms with Gasteiger partial charge in [-0.1, -0.05) is 6.07 Å². The van der Waals surface area contributed by atoms with E-state index in [-0.39, 0.29) is 29.3 Å². The van der Waals surface area contributed by atoms with Crippen LogP contribution in [0.1, 0.15) is 43.8 Å². The molecular formula is C20H20N4O5. The van der Waals surface area contributed by atoms with Crippen molar-refractivity contribution in [3.8, 4) is 0 Å². The zero-order chi connectivity index (χ0) is 21.0. The van der Waals surface area contributed by atoms with Gasteiger partial charge < -0.3 is 19.8 Å². The number of amides is 2. The quantitative estimate of drug-likeness (QED) is 0.619. The number of esters is 1. The lowest BCUT2D eigenvalue weighted by Gasteiger charge is -2.10. The number of hydrogen-bond acceptors (Lipinski definition) is 6. The molecule has 0 spiro atoms. The number of aryl methyl sites for hydroxylation is 2. The molecule has 0 atom stereocenters. The molecule has 2 aromatic heterocycles. The summed E-state index contributed by atoms with van der Waals surface area (Å²) in [5.41, 5.74) is 1.67. The summed E-state index contributed by atoms with van der Waals surface area (Å²) in [6, 6.07) is 8.01. The van der Waals surface area contributed by atoms with E-state index in [0.29, 0.717) is 5.69 Å². The number of aromatic nitrogens is 2. The lowest BCUT2D eigenvalue weighted by atomic mass is 10.1. The van der Waals surface area contributed by atoms with Gasteiger partial charge in [-0.15, -0.1) is 0 Å². The van der Waals surface area contributed by atoms with Crippen molar-refractivity contribution >= 4 is 29.3 Å². The van der Waals surface area contributed by atoms with Crippen LogP contribution < -0.4 is 10.6 Å². The summed E-state index contributed by atoms with van der Waals surface area (Å²) in [6.45, 7) is 3.70. The minimum Gasteiger partial charge on any atom is -0.462 e. The van der Waals surface area contributed by atoms with E-state index in [1.54, 1.807) is 51.2 Å². The summed E-state index contributed by atoms with van der Waals surface area (Å²) in [6.07, 6.45) is 2.87. The molecule has 3 rings (SSSR count). The highest BCUT2D eigenvalue weighted by molar-refractivity contribution is 6.08. The third-order valence-corrected chi connectivity index (χ3v) is 4.05. The maximum Gasteiger partial charge on any atom is 0.343 e. The number of carbonyl (C=O) groups excluding carboxylic acids is 3. The Labute approximate surface area is 166 Å². The summed E-state index contributed by atoms with van der Waals surface area (Å²) < 4.78 is 11.5. The summed E-state index contributed by atoms with van der Waals surface area (Å²) in [5, 5.41) is 9.43. The zero-order valence-corrected chi connectivity index (χ0v) is 16.2. The van der Waals surface area contributed by atoms with Gasteiger partial charge in [0.1, 0.15) is 5.56 Å². The van der Waals surface area contributed by atoms with Crippen LogP contribution in [0.5, 0.6) is 0 Å². The maximum absolute atomic E-state index is 12.7. The van der Waals surface area contributed by atoms with E-state index in [1.165, 1.54) is 17.1 Å². The third-order valence-electron chi connectivity index (χ3n) is 4.05. The first-order valence-corrected chi connectivity index (χ1v) is 8.86. The molecule has 0 unspecified atom stereocenters. The van der Waals surface area contributed by atoms with Gasteiger partial charge in [-0.25, -0.2) is 4.79 Å². The topological polar surface area (TPSA) is 115 Å². The van der Waals surface area contributed by atoms with Crippen LogP contribution in [-0.2, 0) is 11.8 Å². The van der Waals surface area contributed by atoms with E-state index >= 15 is 0 Å². The van der Waals surface area contributed by atoms with Crippen molar-refractivity contribution in [2.75, 3.05) is 17.2 Å². The Morgan fingerprint density at radius 2 is 1.97 bits per heavy atom. The fourth-order valence-corrected chi connectivity index (χ4v) is 2.61. The van der Waals surface area contributed by atoms with E-state index in [4.69, 9.17) is 9.15 Å². The Bertz CT molecular complexity index is 1050. The molecule has 9 nitrogen and oxygen atoms in total. The number of ether oxygens (including phenoxy) is 1. The summed E-state index contributed by atoms with van der Waals surface area (Å²) in [4.78, 5) is 37.0. The smallest absolute Gasteiger partial charge is 0.343 e. The molecule has 2 heterocycles. The number of benzene rings is 1. The summed E-state index contributed by atoms with van der Waals surface area (Å²) in [7, 11) is 1.63. The fourth-order valence-electron chi connectivity index (χ4n) is 2.61. The first-order valence-electron chi connectivity index (χ1n) is 8.86. The molecule has 150 valence electrons. The first kappa shape index (κ1) is 19.9. The zero-order valence-electron chi connectivity index (χ0n) is 16.2. The Hall–Kier alpha value is -3.88. The molecule has 0 bridgehead atoms. The normalized spacial score (nSPS) is 10.4. The predicted molar refractivity (Wildman–Crippen MR) is 105 cm³/mol. The van der Waals surface area contributed by atoms with Gasteiger partial charge in [-0.05, 0) is 43.7 Å². The van der Waals surface area contributed by atoms with Crippen molar-refractivity contribution in [2.45, 2.75) is 13.8 Å². The minimum atomic E-state index is -0.578. The molecule has 1 aromatic carbocycles. The van der Waals surface area contributed by atoms with Gasteiger partial charge in [-0.3, -0.25) is 14.3 Å². The average molecular weight is 396 g/mol. The van der Waals surface area contributed by atoms with Gasteiger partial charge >= 0.3 is 5.97 Å². The van der Waals surface area contributed by atoms with Crippen molar-refractivity contribution in [3.05, 3.63) is 65.2 Å². The SMILES string of the molecule is CCOC(=O)c1cn(C)nc1NC(=O)c1ccc(C)c(NC(=O)c2ccco2)c1. The monoisotopic (exact) mass is 396 g/mol. The second-order valence-electron chi connectivity index (χ2n) is 6.20. The van der Waals surface area contributed by atoms with E-state index < -0.39 is 17.8 Å². The first-order chi connectivity index (χ1) is 13.9. The van der Waals surface area contributed by atoms with Crippen LogP contribution in [0.15, 0.2) is 47.2 Å². The van der Waals surface area contributed by atoms with Crippen molar-refractivity contribution in [1.82, 2.24) is 9.78 Å². The van der Waals surface area contributed by atoms with Crippen LogP contribution >= 0.6 is 0 Å². The molecule has 0 radical (unpaired) electrons. The van der Waals surface area contributed by atoms with Gasteiger partial charge in [0.15, 0.2) is 11.6 Å². The van der Waals surface area contributed by atoms with Gasteiger partial charge in [-0.2, -0.15) is 5.10 Å². The molecule has 0 fully saturated rings. The van der Waals surface area contributed by atoms with E-state index in [9.17, 15) is 14.4 Å². The van der Waals surface area contributed by atoms with Crippen LogP contribution in [0, 0.1) is 6.92 Å². The van der Waals surface area contributed by atoms with Crippen LogP contribution in [-0.4, -0.2) is 34.2 Å². The van der Waals surface area contributed by atoms with Crippen LogP contribution in [0.3, 0.4) is 0 Å². The van der Waals surface area contributed by atoms with Crippen molar-refractivity contribution in [1.29, 1.82) is 0 Å². The number of carbonyl (C=O) groups is 3. The molecule has 0 saturated heterocycles. The number of hydrogen-bond donors (Lipinski definition) is 2. The lowest BCUT2D eigenvalue weighted by Crippen LogP contribution is -2.17. The average Bonchev–Trinajstić information content (AvgIpc) is 3.33. The Morgan fingerprint density at radius 1 is 1.17 bits per heavy atom. The number of anilines is 2. The highest BCUT2D eigenvalue weighted by Crippen LogP contribution is 2.20. The maximum atomic E-state index is 12.7. The molecule has 0 aliphatic heterocycles. The van der Waals surface area contributed by atoms with E-state index in [0.717, 1.165) is 5.56 Å². The summed E-state index contributed by atoms with van der Waals surface area (Å²) in [5.74, 6) is -1.23. The van der Waals surface area contributed by atoms with E-state index in [2.05, 4.69) is 15.7 Å². The molecule has 9 heteroatoms. The fraction of sp³-hybridized carbons (Fsp3) is 0.200. The summed E-state index contributed by atoms with van der Waals surface area (Å²) >= 11 is 0. The Kier molecular flexibility index (Phi) is 5.77. The number of rotatable bonds is 6. The third kappa shape index (κ3) is 4.52. The van der Waals surface area contributed by atoms with Gasteiger partial charge in [0.25, 0.3) is 11.8 Å². The molecule has 0 aliphatic rings. The Balaban J connectivity index is 1.80. The highest BCUT2D eigenvalue weighted by atomic mass is 16.5. The predicted octanol–water partition coefficient (Wildman–Crippen LogP) is 3.00. The van der Waals surface area contributed by atoms with E-state index in [1.807, 2.05) is 0 Å². The molecule has 0 aliphatic carbocycles. The van der Waals surface area contributed by atoms with Gasteiger partial charge in [0, 0.05) is 24.5 Å². The van der Waals surface area contributed by atoms with Gasteiger partial charge in [0.2, 0.25) is 0 Å². The van der Waals surface area contributed by atoms with Crippen LogP contribution in [0.2, 0.25) is 0 Å². The highest BCUT2D eigenvalue weighted by Gasteiger charge is 2.20. The number of furan rings is 1. The van der Waals surface area contributed by atoms with Gasteiger partial charge in [0.05, 0.1) is 12.9 Å². The molecule has 0 saturated carbocycles. The van der Waals surface area contributed by atoms with Crippen LogP contribution in [0.4, 0.5) is 11.5 Å². The molecule has 29 heavy (non-hydrogen) atoms. The van der Waals surface area contributed by atoms with Crippen molar-refractivity contribution in [3.63, 3.8) is 0 Å².